The van der Waals surface area contributed by atoms with Gasteiger partial charge in [0.25, 0.3) is 0 Å². The number of H-pyrrole nitrogens is 1. The summed E-state index contributed by atoms with van der Waals surface area (Å²) >= 11 is 0. The Morgan fingerprint density at radius 3 is 2.94 bits per heavy atom. The Morgan fingerprint density at radius 2 is 1.97 bits per heavy atom. The Labute approximate surface area is 203 Å². The molecule has 1 fully saturated rings. The molecule has 0 saturated carbocycles. The Bertz CT molecular complexity index is 1390. The molecule has 1 saturated heterocycles. The van der Waals surface area contributed by atoms with Gasteiger partial charge < -0.3 is 20.3 Å². The summed E-state index contributed by atoms with van der Waals surface area (Å²) in [5.41, 5.74) is 11.4. The third-order valence-electron chi connectivity index (χ3n) is 7.61. The molecular formula is C26H28N8O. The van der Waals surface area contributed by atoms with Crippen LogP contribution in [0.5, 0.6) is 5.75 Å². The minimum absolute atomic E-state index is 0.0845. The molecule has 0 unspecified atom stereocenters. The second-order valence-electron chi connectivity index (χ2n) is 9.68. The maximum atomic E-state index is 6.66. The molecule has 0 radical (unpaired) electrons. The lowest BCUT2D eigenvalue weighted by atomic mass is 9.98. The fourth-order valence-corrected chi connectivity index (χ4v) is 5.96. The van der Waals surface area contributed by atoms with Crippen LogP contribution in [-0.4, -0.2) is 50.4 Å². The van der Waals surface area contributed by atoms with Crippen LogP contribution in [0.1, 0.15) is 43.0 Å². The van der Waals surface area contributed by atoms with Gasteiger partial charge >= 0.3 is 0 Å². The molecule has 3 aromatic heterocycles. The van der Waals surface area contributed by atoms with E-state index >= 15 is 0 Å². The zero-order valence-corrected chi connectivity index (χ0v) is 19.5. The number of hydrogen-bond acceptors (Lipinski definition) is 8. The van der Waals surface area contributed by atoms with Gasteiger partial charge in [0.05, 0.1) is 23.6 Å². The predicted molar refractivity (Wildman–Crippen MR) is 134 cm³/mol. The smallest absolute Gasteiger partial charge is 0.183 e. The molecular weight excluding hydrogens is 440 g/mol. The number of pyridine rings is 1. The van der Waals surface area contributed by atoms with Crippen LogP contribution in [0.3, 0.4) is 0 Å². The summed E-state index contributed by atoms with van der Waals surface area (Å²) in [4.78, 5) is 19.0. The lowest BCUT2D eigenvalue weighted by Crippen LogP contribution is -2.40. The molecule has 4 aromatic rings. The van der Waals surface area contributed by atoms with Crippen molar-refractivity contribution < 1.29 is 4.74 Å². The second kappa shape index (κ2) is 8.20. The van der Waals surface area contributed by atoms with E-state index in [-0.39, 0.29) is 12.1 Å². The number of para-hydroxylation sites is 1. The molecule has 9 heteroatoms. The molecule has 3 aliphatic rings. The topological polar surface area (TPSA) is 109 Å². The van der Waals surface area contributed by atoms with Gasteiger partial charge in [-0.05, 0) is 50.3 Å². The summed E-state index contributed by atoms with van der Waals surface area (Å²) in [6.45, 7) is 1.49. The Balaban J connectivity index is 1.23. The average molecular weight is 469 g/mol. The number of benzene rings is 1. The fourth-order valence-electron chi connectivity index (χ4n) is 5.96. The highest BCUT2D eigenvalue weighted by Gasteiger charge is 2.38. The first-order valence-electron chi connectivity index (χ1n) is 12.4. The maximum absolute atomic E-state index is 6.66. The minimum atomic E-state index is -0.0845. The van der Waals surface area contributed by atoms with E-state index in [9.17, 15) is 0 Å². The lowest BCUT2D eigenvalue weighted by molar-refractivity contribution is 0.286. The van der Waals surface area contributed by atoms with Crippen LogP contribution in [0.4, 0.5) is 17.3 Å². The van der Waals surface area contributed by atoms with Crippen molar-refractivity contribution >= 4 is 28.5 Å². The number of nitrogens with two attached hydrogens (primary N) is 1. The monoisotopic (exact) mass is 468 g/mol. The molecule has 0 aliphatic carbocycles. The largest absolute Gasteiger partial charge is 0.491 e. The second-order valence-corrected chi connectivity index (χ2v) is 9.68. The standard InChI is InChI=1S/C26H28N8O/c27-19-13-16-9-10-17(15-35-22-8-2-1-5-18(19)22)34(16)23-14-29-24-25(30-23)31-32-26(24)33-12-4-6-20-21(33)7-3-11-28-20/h1-3,5,7-8,11,14,16-17,19H,4,6,9-10,12-13,15,27H2,(H,30,31,32)/t16-,17-,19+/m1/s1. The Kier molecular flexibility index (Phi) is 4.83. The summed E-state index contributed by atoms with van der Waals surface area (Å²) in [5.74, 6) is 2.55. The van der Waals surface area contributed by atoms with Crippen molar-refractivity contribution in [1.29, 1.82) is 0 Å². The van der Waals surface area contributed by atoms with Gasteiger partial charge in [-0.25, -0.2) is 9.97 Å². The summed E-state index contributed by atoms with van der Waals surface area (Å²) < 4.78 is 6.26. The van der Waals surface area contributed by atoms with Crippen molar-refractivity contribution in [1.82, 2.24) is 25.1 Å². The van der Waals surface area contributed by atoms with Crippen molar-refractivity contribution in [3.8, 4) is 5.75 Å². The number of rotatable bonds is 2. The van der Waals surface area contributed by atoms with E-state index in [2.05, 4.69) is 37.1 Å². The highest BCUT2D eigenvalue weighted by Crippen LogP contribution is 2.39. The number of nitrogens with zero attached hydrogens (tertiary/aromatic N) is 6. The van der Waals surface area contributed by atoms with Crippen molar-refractivity contribution in [3.05, 3.63) is 60.0 Å². The molecule has 1 aromatic carbocycles. The fraction of sp³-hybridized carbons (Fsp3) is 0.385. The van der Waals surface area contributed by atoms with E-state index in [1.165, 1.54) is 0 Å². The maximum Gasteiger partial charge on any atom is 0.183 e. The molecule has 3 aliphatic heterocycles. The van der Waals surface area contributed by atoms with Gasteiger partial charge in [0.1, 0.15) is 18.2 Å². The molecule has 3 N–H and O–H groups in total. The van der Waals surface area contributed by atoms with Crippen LogP contribution in [0.15, 0.2) is 48.8 Å². The van der Waals surface area contributed by atoms with Gasteiger partial charge in [-0.1, -0.05) is 18.2 Å². The summed E-state index contributed by atoms with van der Waals surface area (Å²) in [6, 6.07) is 12.6. The summed E-state index contributed by atoms with van der Waals surface area (Å²) in [5, 5.41) is 7.77. The van der Waals surface area contributed by atoms with Crippen LogP contribution in [0.2, 0.25) is 0 Å². The zero-order valence-electron chi connectivity index (χ0n) is 19.5. The van der Waals surface area contributed by atoms with Gasteiger partial charge in [0.15, 0.2) is 17.0 Å². The first-order chi connectivity index (χ1) is 17.3. The molecule has 35 heavy (non-hydrogen) atoms. The third-order valence-corrected chi connectivity index (χ3v) is 7.61. The van der Waals surface area contributed by atoms with Gasteiger partial charge in [0.2, 0.25) is 0 Å². The molecule has 9 nitrogen and oxygen atoms in total. The van der Waals surface area contributed by atoms with E-state index in [1.807, 2.05) is 36.7 Å². The van der Waals surface area contributed by atoms with Crippen LogP contribution in [-0.2, 0) is 6.42 Å². The number of ether oxygens (including phenoxy) is 1. The molecule has 178 valence electrons. The first-order valence-corrected chi connectivity index (χ1v) is 12.4. The number of nitrogens with one attached hydrogen (secondary N) is 1. The van der Waals surface area contributed by atoms with E-state index in [1.54, 1.807) is 0 Å². The quantitative estimate of drug-likeness (QED) is 0.459. The van der Waals surface area contributed by atoms with Gasteiger partial charge in [-0.2, -0.15) is 5.10 Å². The average Bonchev–Trinajstić information content (AvgIpc) is 3.51. The Hall–Kier alpha value is -3.72. The van der Waals surface area contributed by atoms with Crippen LogP contribution < -0.4 is 20.3 Å². The molecule has 0 amide bonds. The van der Waals surface area contributed by atoms with E-state index in [0.717, 1.165) is 78.5 Å². The normalized spacial score (nSPS) is 23.7. The minimum Gasteiger partial charge on any atom is -0.491 e. The lowest BCUT2D eigenvalue weighted by Gasteiger charge is -2.31. The number of anilines is 3. The van der Waals surface area contributed by atoms with Gasteiger partial charge in [-0.3, -0.25) is 10.1 Å². The van der Waals surface area contributed by atoms with Crippen molar-refractivity contribution in [2.24, 2.45) is 5.73 Å². The molecule has 3 atom stereocenters. The predicted octanol–water partition coefficient (Wildman–Crippen LogP) is 3.65. The highest BCUT2D eigenvalue weighted by atomic mass is 16.5. The number of aromatic amines is 1. The zero-order chi connectivity index (χ0) is 23.4. The molecule has 2 bridgehead atoms. The SMILES string of the molecule is N[C@H]1C[C@H]2CC[C@H](COc3ccccc31)N2c1cnc2c(N3CCCc4ncccc43)n[nH]c2n1. The van der Waals surface area contributed by atoms with Crippen molar-refractivity contribution in [2.45, 2.75) is 50.2 Å². The molecule has 7 rings (SSSR count). The summed E-state index contributed by atoms with van der Waals surface area (Å²) in [7, 11) is 0. The highest BCUT2D eigenvalue weighted by molar-refractivity contribution is 5.87. The molecule has 6 heterocycles. The van der Waals surface area contributed by atoms with Crippen LogP contribution in [0.25, 0.3) is 11.2 Å². The Morgan fingerprint density at radius 1 is 1.06 bits per heavy atom. The van der Waals surface area contributed by atoms with Gasteiger partial charge in [-0.15, -0.1) is 0 Å². The third kappa shape index (κ3) is 3.41. The first kappa shape index (κ1) is 20.6. The van der Waals surface area contributed by atoms with Crippen molar-refractivity contribution in [2.75, 3.05) is 23.0 Å². The van der Waals surface area contributed by atoms with E-state index in [4.69, 9.17) is 20.4 Å². The number of hydrogen-bond donors (Lipinski definition) is 2. The van der Waals surface area contributed by atoms with Crippen LogP contribution in [0, 0.1) is 0 Å². The number of aryl methyl sites for hydroxylation is 1. The summed E-state index contributed by atoms with van der Waals surface area (Å²) in [6.07, 6.45) is 8.71. The van der Waals surface area contributed by atoms with E-state index < -0.39 is 0 Å². The van der Waals surface area contributed by atoms with Crippen molar-refractivity contribution in [3.63, 3.8) is 0 Å². The molecule has 0 spiro atoms. The number of fused-ring (bicyclic) bond motifs is 5. The van der Waals surface area contributed by atoms with E-state index in [0.29, 0.717) is 18.3 Å². The van der Waals surface area contributed by atoms with Gasteiger partial charge in [0, 0.05) is 30.4 Å². The number of aromatic nitrogens is 5. The van der Waals surface area contributed by atoms with Crippen LogP contribution >= 0.6 is 0 Å².